The number of carboxylic acids is 1. The Morgan fingerprint density at radius 3 is 2.22 bits per heavy atom. The molecule has 2 aliphatic heterocycles. The Bertz CT molecular complexity index is 540. The van der Waals surface area contributed by atoms with Gasteiger partial charge in [0.15, 0.2) is 0 Å². The van der Waals surface area contributed by atoms with Crippen LogP contribution in [0.1, 0.15) is 39.0 Å². The van der Waals surface area contributed by atoms with Gasteiger partial charge in [-0.2, -0.15) is 0 Å². The van der Waals surface area contributed by atoms with Crippen LogP contribution in [0.5, 0.6) is 0 Å². The number of likely N-dealkylation sites (tertiary alicyclic amines) is 1. The van der Waals surface area contributed by atoms with Crippen LogP contribution >= 0.6 is 0 Å². The van der Waals surface area contributed by atoms with Gasteiger partial charge in [-0.25, -0.2) is 12.7 Å². The van der Waals surface area contributed by atoms with Crippen molar-refractivity contribution in [3.63, 3.8) is 0 Å². The van der Waals surface area contributed by atoms with Crippen LogP contribution in [-0.4, -0.2) is 66.5 Å². The standard InChI is InChI=1S/C15H26N2O5S/c1-2-3-10-23(21,22)17-8-5-12(6-9-17)14(18)16-7-4-13(11-16)15(19)20/h12-13H,2-11H2,1H3,(H,19,20). The number of sulfonamides is 1. The largest absolute Gasteiger partial charge is 0.481 e. The molecule has 0 spiro atoms. The molecule has 2 aliphatic rings. The number of carboxylic acid groups (broad SMARTS) is 1. The van der Waals surface area contributed by atoms with Gasteiger partial charge >= 0.3 is 5.97 Å². The number of rotatable bonds is 6. The molecule has 0 aromatic heterocycles. The average Bonchev–Trinajstić information content (AvgIpc) is 3.02. The van der Waals surface area contributed by atoms with E-state index >= 15 is 0 Å². The number of hydrogen-bond acceptors (Lipinski definition) is 4. The molecule has 1 N–H and O–H groups in total. The quantitative estimate of drug-likeness (QED) is 0.766. The van der Waals surface area contributed by atoms with Gasteiger partial charge in [-0.15, -0.1) is 0 Å². The van der Waals surface area contributed by atoms with Crippen LogP contribution in [0, 0.1) is 11.8 Å². The molecular formula is C15H26N2O5S. The maximum absolute atomic E-state index is 12.5. The van der Waals surface area contributed by atoms with E-state index in [1.165, 1.54) is 4.31 Å². The fourth-order valence-corrected chi connectivity index (χ4v) is 4.94. The molecular weight excluding hydrogens is 320 g/mol. The van der Waals surface area contributed by atoms with E-state index in [0.29, 0.717) is 45.3 Å². The number of unbranched alkanes of at least 4 members (excludes halogenated alkanes) is 1. The summed E-state index contributed by atoms with van der Waals surface area (Å²) in [4.78, 5) is 25.1. The van der Waals surface area contributed by atoms with Crippen molar-refractivity contribution >= 4 is 21.9 Å². The molecule has 8 heteroatoms. The summed E-state index contributed by atoms with van der Waals surface area (Å²) in [6.45, 7) is 3.51. The number of amides is 1. The first-order valence-electron chi connectivity index (χ1n) is 8.34. The second-order valence-electron chi connectivity index (χ2n) is 6.45. The van der Waals surface area contributed by atoms with E-state index in [1.54, 1.807) is 4.90 Å². The average molecular weight is 346 g/mol. The second-order valence-corrected chi connectivity index (χ2v) is 8.54. The summed E-state index contributed by atoms with van der Waals surface area (Å²) in [6, 6.07) is 0. The fourth-order valence-electron chi connectivity index (χ4n) is 3.26. The van der Waals surface area contributed by atoms with Crippen LogP contribution < -0.4 is 0 Å². The Labute approximate surface area is 137 Å². The molecule has 132 valence electrons. The molecule has 2 fully saturated rings. The lowest BCUT2D eigenvalue weighted by atomic mass is 9.96. The van der Waals surface area contributed by atoms with Gasteiger partial charge in [-0.05, 0) is 25.7 Å². The SMILES string of the molecule is CCCCS(=O)(=O)N1CCC(C(=O)N2CCC(C(=O)O)C2)CC1. The van der Waals surface area contributed by atoms with Gasteiger partial charge in [-0.3, -0.25) is 9.59 Å². The molecule has 0 bridgehead atoms. The van der Waals surface area contributed by atoms with E-state index in [9.17, 15) is 18.0 Å². The van der Waals surface area contributed by atoms with Crippen LogP contribution in [0.15, 0.2) is 0 Å². The lowest BCUT2D eigenvalue weighted by molar-refractivity contribution is -0.141. The lowest BCUT2D eigenvalue weighted by Gasteiger charge is -2.32. The number of aliphatic carboxylic acids is 1. The minimum absolute atomic E-state index is 0.0145. The summed E-state index contributed by atoms with van der Waals surface area (Å²) in [5.74, 6) is -1.33. The van der Waals surface area contributed by atoms with Gasteiger partial charge in [0.2, 0.25) is 15.9 Å². The van der Waals surface area contributed by atoms with Gasteiger partial charge in [0, 0.05) is 32.1 Å². The van der Waals surface area contributed by atoms with Gasteiger partial charge in [0.25, 0.3) is 0 Å². The highest BCUT2D eigenvalue weighted by Gasteiger charge is 2.36. The summed E-state index contributed by atoms with van der Waals surface area (Å²) < 4.78 is 25.8. The Hall–Kier alpha value is -1.15. The van der Waals surface area contributed by atoms with Crippen molar-refractivity contribution in [2.24, 2.45) is 11.8 Å². The molecule has 7 nitrogen and oxygen atoms in total. The normalized spacial score (nSPS) is 24.0. The van der Waals surface area contributed by atoms with E-state index in [-0.39, 0.29) is 24.1 Å². The first-order valence-corrected chi connectivity index (χ1v) is 9.95. The Morgan fingerprint density at radius 1 is 1.09 bits per heavy atom. The third-order valence-corrected chi connectivity index (χ3v) is 6.76. The smallest absolute Gasteiger partial charge is 0.308 e. The summed E-state index contributed by atoms with van der Waals surface area (Å²) in [5.41, 5.74) is 0. The highest BCUT2D eigenvalue weighted by Crippen LogP contribution is 2.25. The molecule has 1 atom stereocenters. The van der Waals surface area contributed by atoms with Gasteiger partial charge in [0.05, 0.1) is 11.7 Å². The monoisotopic (exact) mass is 346 g/mol. The van der Waals surface area contributed by atoms with Crippen molar-refractivity contribution in [2.75, 3.05) is 31.9 Å². The second kappa shape index (κ2) is 7.61. The Morgan fingerprint density at radius 2 is 1.70 bits per heavy atom. The molecule has 0 radical (unpaired) electrons. The first kappa shape index (κ1) is 18.2. The van der Waals surface area contributed by atoms with Crippen molar-refractivity contribution in [3.05, 3.63) is 0 Å². The summed E-state index contributed by atoms with van der Waals surface area (Å²) in [5, 5.41) is 9.01. The first-order chi connectivity index (χ1) is 10.8. The molecule has 0 aliphatic carbocycles. The van der Waals surface area contributed by atoms with Gasteiger partial charge in [0.1, 0.15) is 0 Å². The number of carbonyl (C=O) groups excluding carboxylic acids is 1. The molecule has 2 saturated heterocycles. The minimum Gasteiger partial charge on any atom is -0.481 e. The highest BCUT2D eigenvalue weighted by molar-refractivity contribution is 7.89. The van der Waals surface area contributed by atoms with E-state index in [0.717, 1.165) is 6.42 Å². The Kier molecular flexibility index (Phi) is 6.02. The number of carbonyl (C=O) groups is 2. The lowest BCUT2D eigenvalue weighted by Crippen LogP contribution is -2.44. The van der Waals surface area contributed by atoms with E-state index in [1.807, 2.05) is 6.92 Å². The van der Waals surface area contributed by atoms with Crippen LogP contribution in [0.3, 0.4) is 0 Å². The third-order valence-electron chi connectivity index (χ3n) is 4.80. The summed E-state index contributed by atoms with van der Waals surface area (Å²) in [7, 11) is -3.20. The zero-order valence-electron chi connectivity index (χ0n) is 13.6. The van der Waals surface area contributed by atoms with Gasteiger partial charge in [-0.1, -0.05) is 13.3 Å². The highest BCUT2D eigenvalue weighted by atomic mass is 32.2. The Balaban J connectivity index is 1.85. The van der Waals surface area contributed by atoms with Crippen molar-refractivity contribution in [1.29, 1.82) is 0 Å². The van der Waals surface area contributed by atoms with Crippen LogP contribution in [0.2, 0.25) is 0 Å². The predicted molar refractivity (Wildman–Crippen MR) is 85.3 cm³/mol. The number of nitrogens with zero attached hydrogens (tertiary/aromatic N) is 2. The molecule has 1 amide bonds. The molecule has 23 heavy (non-hydrogen) atoms. The maximum Gasteiger partial charge on any atom is 0.308 e. The van der Waals surface area contributed by atoms with E-state index < -0.39 is 21.9 Å². The third kappa shape index (κ3) is 4.44. The zero-order chi connectivity index (χ0) is 17.0. The van der Waals surface area contributed by atoms with Crippen molar-refractivity contribution in [1.82, 2.24) is 9.21 Å². The number of hydrogen-bond donors (Lipinski definition) is 1. The molecule has 2 rings (SSSR count). The van der Waals surface area contributed by atoms with Crippen LogP contribution in [0.25, 0.3) is 0 Å². The maximum atomic E-state index is 12.5. The summed E-state index contributed by atoms with van der Waals surface area (Å²) in [6.07, 6.45) is 3.06. The molecule has 0 aromatic carbocycles. The van der Waals surface area contributed by atoms with Crippen molar-refractivity contribution in [2.45, 2.75) is 39.0 Å². The number of piperidine rings is 1. The zero-order valence-corrected chi connectivity index (χ0v) is 14.4. The van der Waals surface area contributed by atoms with Crippen molar-refractivity contribution in [3.8, 4) is 0 Å². The molecule has 2 heterocycles. The topological polar surface area (TPSA) is 95.0 Å². The molecule has 0 aromatic rings. The van der Waals surface area contributed by atoms with Crippen molar-refractivity contribution < 1.29 is 23.1 Å². The predicted octanol–water partition coefficient (Wildman–Crippen LogP) is 0.761. The molecule has 0 saturated carbocycles. The van der Waals surface area contributed by atoms with Crippen LogP contribution in [-0.2, 0) is 19.6 Å². The van der Waals surface area contributed by atoms with E-state index in [4.69, 9.17) is 5.11 Å². The minimum atomic E-state index is -3.20. The van der Waals surface area contributed by atoms with Gasteiger partial charge < -0.3 is 10.0 Å². The fraction of sp³-hybridized carbons (Fsp3) is 0.867. The van der Waals surface area contributed by atoms with E-state index in [2.05, 4.69) is 0 Å². The summed E-state index contributed by atoms with van der Waals surface area (Å²) >= 11 is 0. The molecule has 1 unspecified atom stereocenters. The van der Waals surface area contributed by atoms with Crippen LogP contribution in [0.4, 0.5) is 0 Å².